The van der Waals surface area contributed by atoms with Crippen molar-refractivity contribution in [2.75, 3.05) is 0 Å². The number of allylic oxidation sites excluding steroid dienone is 1. The van der Waals surface area contributed by atoms with E-state index in [4.69, 9.17) is 0 Å². The van der Waals surface area contributed by atoms with E-state index in [0.717, 1.165) is 21.9 Å². The molecule has 1 fully saturated rings. The molecule has 0 atom stereocenters. The Balaban J connectivity index is 1.83. The summed E-state index contributed by atoms with van der Waals surface area (Å²) in [5.74, 6) is 1.85. The van der Waals surface area contributed by atoms with Crippen LogP contribution < -0.4 is 0 Å². The third-order valence-corrected chi connectivity index (χ3v) is 7.27. The normalized spacial score (nSPS) is 21.5. The van der Waals surface area contributed by atoms with Crippen molar-refractivity contribution in [3.05, 3.63) is 51.4 Å². The van der Waals surface area contributed by atoms with Crippen LogP contribution in [0.5, 0.6) is 0 Å². The van der Waals surface area contributed by atoms with E-state index in [1.54, 1.807) is 0 Å². The fourth-order valence-electron chi connectivity index (χ4n) is 3.48. The topological polar surface area (TPSA) is 0 Å². The maximum atomic E-state index is 3.85. The van der Waals surface area contributed by atoms with Crippen LogP contribution in [0.3, 0.4) is 0 Å². The first-order chi connectivity index (χ1) is 10.7. The van der Waals surface area contributed by atoms with E-state index in [9.17, 15) is 0 Å². The molecule has 0 aliphatic heterocycles. The first-order valence-corrected chi connectivity index (χ1v) is 9.94. The molecule has 120 valence electrons. The smallest absolute Gasteiger partial charge is 0.0392 e. The molecule has 0 aromatic heterocycles. The molecule has 0 unspecified atom stereocenters. The van der Waals surface area contributed by atoms with Crippen LogP contribution in [0.1, 0.15) is 56.1 Å². The fraction of sp³-hybridized carbons (Fsp3) is 0.500. The lowest BCUT2D eigenvalue weighted by atomic mass is 9.78. The summed E-state index contributed by atoms with van der Waals surface area (Å²) in [6, 6.07) is 4.39. The van der Waals surface area contributed by atoms with Gasteiger partial charge < -0.3 is 0 Å². The quantitative estimate of drug-likeness (QED) is 0.395. The Labute approximate surface area is 152 Å². The molecule has 1 aliphatic carbocycles. The zero-order chi connectivity index (χ0) is 15.9. The summed E-state index contributed by atoms with van der Waals surface area (Å²) in [6.07, 6.45) is 14.6. The van der Waals surface area contributed by atoms with Gasteiger partial charge in [0.2, 0.25) is 0 Å². The molecule has 0 nitrogen and oxygen atoms in total. The van der Waals surface area contributed by atoms with Gasteiger partial charge in [-0.3, -0.25) is 0 Å². The molecule has 0 spiro atoms. The molecule has 2 rings (SSSR count). The van der Waals surface area contributed by atoms with Crippen molar-refractivity contribution in [3.63, 3.8) is 0 Å². The predicted octanol–water partition coefficient (Wildman–Crippen LogP) is 7.56. The molecule has 2 heteroatoms. The summed E-state index contributed by atoms with van der Waals surface area (Å²) < 4.78 is 2.33. The summed E-state index contributed by atoms with van der Waals surface area (Å²) in [6.45, 7) is 7.69. The molecule has 0 N–H and O–H groups in total. The zero-order valence-corrected chi connectivity index (χ0v) is 16.5. The van der Waals surface area contributed by atoms with Gasteiger partial charge in [-0.25, -0.2) is 0 Å². The summed E-state index contributed by atoms with van der Waals surface area (Å²) in [7, 11) is 0. The Hall–Kier alpha value is -0.340. The van der Waals surface area contributed by atoms with Gasteiger partial charge >= 0.3 is 0 Å². The molecule has 0 amide bonds. The van der Waals surface area contributed by atoms with E-state index in [0.29, 0.717) is 0 Å². The van der Waals surface area contributed by atoms with Gasteiger partial charge in [0, 0.05) is 8.95 Å². The Kier molecular flexibility index (Phi) is 7.43. The molecule has 0 saturated heterocycles. The molecule has 1 aliphatic rings. The monoisotopic (exact) mass is 424 g/mol. The van der Waals surface area contributed by atoms with Gasteiger partial charge in [0.1, 0.15) is 0 Å². The van der Waals surface area contributed by atoms with Crippen molar-refractivity contribution in [2.45, 2.75) is 51.4 Å². The van der Waals surface area contributed by atoms with Crippen LogP contribution >= 0.6 is 31.9 Å². The lowest BCUT2D eigenvalue weighted by Crippen LogP contribution is -2.15. The van der Waals surface area contributed by atoms with Gasteiger partial charge in [0.15, 0.2) is 0 Å². The first-order valence-electron chi connectivity index (χ1n) is 8.36. The van der Waals surface area contributed by atoms with Crippen molar-refractivity contribution in [2.24, 2.45) is 11.8 Å². The molecule has 0 bridgehead atoms. The third-order valence-electron chi connectivity index (χ3n) is 4.98. The molecule has 1 saturated carbocycles. The van der Waals surface area contributed by atoms with E-state index in [-0.39, 0.29) is 0 Å². The molecular weight excluding hydrogens is 400 g/mol. The Morgan fingerprint density at radius 2 is 1.59 bits per heavy atom. The zero-order valence-electron chi connectivity index (χ0n) is 13.3. The SMILES string of the molecule is C=CCCC1CCC(CCc2ccc(C=C)c(Br)c2Br)CC1. The number of aryl methyl sites for hydroxylation is 1. The van der Waals surface area contributed by atoms with Gasteiger partial charge in [0.25, 0.3) is 0 Å². The predicted molar refractivity (Wildman–Crippen MR) is 105 cm³/mol. The van der Waals surface area contributed by atoms with Crippen molar-refractivity contribution in [3.8, 4) is 0 Å². The lowest BCUT2D eigenvalue weighted by molar-refractivity contribution is 0.254. The highest BCUT2D eigenvalue weighted by atomic mass is 79.9. The molecule has 1 aromatic rings. The van der Waals surface area contributed by atoms with Gasteiger partial charge in [0.05, 0.1) is 0 Å². The minimum atomic E-state index is 0.907. The minimum absolute atomic E-state index is 0.907. The number of hydrogen-bond donors (Lipinski definition) is 0. The maximum absolute atomic E-state index is 3.85. The summed E-state index contributed by atoms with van der Waals surface area (Å²) in [5.41, 5.74) is 2.56. The summed E-state index contributed by atoms with van der Waals surface area (Å²) in [5, 5.41) is 0. The van der Waals surface area contributed by atoms with Crippen molar-refractivity contribution in [1.82, 2.24) is 0 Å². The molecule has 0 heterocycles. The van der Waals surface area contributed by atoms with E-state index in [1.165, 1.54) is 61.4 Å². The van der Waals surface area contributed by atoms with E-state index in [2.05, 4.69) is 63.2 Å². The number of halogens is 2. The standard InChI is InChI=1S/C20H26Br2/c1-3-5-6-15-7-9-16(10-8-15)11-12-18-14-13-17(4-2)19(21)20(18)22/h3-4,13-16H,1-2,5-12H2. The second kappa shape index (κ2) is 9.08. The second-order valence-electron chi connectivity index (χ2n) is 6.44. The van der Waals surface area contributed by atoms with Gasteiger partial charge in [-0.15, -0.1) is 6.58 Å². The number of benzene rings is 1. The average molecular weight is 426 g/mol. The van der Waals surface area contributed by atoms with E-state index in [1.807, 2.05) is 6.08 Å². The van der Waals surface area contributed by atoms with Gasteiger partial charge in [-0.2, -0.15) is 0 Å². The fourth-order valence-corrected chi connectivity index (χ4v) is 4.59. The van der Waals surface area contributed by atoms with Crippen molar-refractivity contribution in [1.29, 1.82) is 0 Å². The number of rotatable bonds is 7. The summed E-state index contributed by atoms with van der Waals surface area (Å²) in [4.78, 5) is 0. The Morgan fingerprint density at radius 1 is 0.955 bits per heavy atom. The van der Waals surface area contributed by atoms with E-state index < -0.39 is 0 Å². The van der Waals surface area contributed by atoms with Crippen LogP contribution in [0.25, 0.3) is 6.08 Å². The summed E-state index contributed by atoms with van der Waals surface area (Å²) >= 11 is 7.39. The van der Waals surface area contributed by atoms with Crippen LogP contribution in [0.2, 0.25) is 0 Å². The highest BCUT2D eigenvalue weighted by Crippen LogP contribution is 2.36. The number of hydrogen-bond acceptors (Lipinski definition) is 0. The largest absolute Gasteiger partial charge is 0.103 e. The van der Waals surface area contributed by atoms with E-state index >= 15 is 0 Å². The first kappa shape index (κ1) is 18.0. The Bertz CT molecular complexity index is 511. The van der Waals surface area contributed by atoms with Crippen molar-refractivity contribution < 1.29 is 0 Å². The average Bonchev–Trinajstić information content (AvgIpc) is 2.55. The van der Waals surface area contributed by atoms with Crippen LogP contribution in [0.15, 0.2) is 40.3 Å². The van der Waals surface area contributed by atoms with Gasteiger partial charge in [-0.05, 0) is 80.5 Å². The molecule has 0 radical (unpaired) electrons. The van der Waals surface area contributed by atoms with Crippen LogP contribution in [-0.4, -0.2) is 0 Å². The molecule has 22 heavy (non-hydrogen) atoms. The maximum Gasteiger partial charge on any atom is 0.0392 e. The lowest BCUT2D eigenvalue weighted by Gasteiger charge is -2.28. The van der Waals surface area contributed by atoms with Crippen LogP contribution in [-0.2, 0) is 6.42 Å². The second-order valence-corrected chi connectivity index (χ2v) is 8.02. The third kappa shape index (κ3) is 4.83. The highest BCUT2D eigenvalue weighted by molar-refractivity contribution is 9.13. The van der Waals surface area contributed by atoms with Gasteiger partial charge in [-0.1, -0.05) is 56.5 Å². The van der Waals surface area contributed by atoms with Crippen LogP contribution in [0, 0.1) is 11.8 Å². The molecular formula is C20H26Br2. The van der Waals surface area contributed by atoms with Crippen LogP contribution in [0.4, 0.5) is 0 Å². The highest BCUT2D eigenvalue weighted by Gasteiger charge is 2.20. The minimum Gasteiger partial charge on any atom is -0.103 e. The molecule has 1 aromatic carbocycles. The van der Waals surface area contributed by atoms with Crippen molar-refractivity contribution >= 4 is 37.9 Å². The Morgan fingerprint density at radius 3 is 2.18 bits per heavy atom.